The van der Waals surface area contributed by atoms with E-state index in [0.717, 1.165) is 36.8 Å². The van der Waals surface area contributed by atoms with Crippen molar-refractivity contribution in [2.75, 3.05) is 12.4 Å². The third-order valence-electron chi connectivity index (χ3n) is 2.97. The Labute approximate surface area is 126 Å². The summed E-state index contributed by atoms with van der Waals surface area (Å²) in [6.45, 7) is 0.586. The van der Waals surface area contributed by atoms with Crippen LogP contribution in [0.4, 0.5) is 8.78 Å². The van der Waals surface area contributed by atoms with Gasteiger partial charge in [0.05, 0.1) is 12.3 Å². The molecule has 0 aliphatic carbocycles. The van der Waals surface area contributed by atoms with Crippen LogP contribution in [0.15, 0.2) is 28.4 Å². The number of hydrogen-bond donors (Lipinski definition) is 1. The topological polar surface area (TPSA) is 60.0 Å². The van der Waals surface area contributed by atoms with E-state index in [0.29, 0.717) is 11.8 Å². The molecule has 114 valence electrons. The van der Waals surface area contributed by atoms with Gasteiger partial charge in [-0.1, -0.05) is 23.9 Å². The summed E-state index contributed by atoms with van der Waals surface area (Å²) in [6.07, 6.45) is 2.60. The fraction of sp³-hybridized carbons (Fsp3) is 0.429. The third-order valence-corrected chi connectivity index (χ3v) is 3.82. The van der Waals surface area contributed by atoms with Crippen LogP contribution in [-0.4, -0.2) is 23.2 Å². The van der Waals surface area contributed by atoms with Gasteiger partial charge in [0, 0.05) is 17.9 Å². The molecule has 7 heteroatoms. The summed E-state index contributed by atoms with van der Waals surface area (Å²) in [7, 11) is 0. The first-order valence-electron chi connectivity index (χ1n) is 6.69. The molecule has 1 heterocycles. The Morgan fingerprint density at radius 3 is 2.86 bits per heavy atom. The summed E-state index contributed by atoms with van der Waals surface area (Å²) >= 11 is 1.48. The van der Waals surface area contributed by atoms with Gasteiger partial charge in [-0.05, 0) is 25.3 Å². The molecular formula is C14H17F2N3OS. The lowest BCUT2D eigenvalue weighted by Gasteiger charge is -2.09. The Morgan fingerprint density at radius 2 is 2.10 bits per heavy atom. The van der Waals surface area contributed by atoms with E-state index >= 15 is 0 Å². The van der Waals surface area contributed by atoms with Crippen molar-refractivity contribution < 1.29 is 13.5 Å². The molecule has 0 amide bonds. The van der Waals surface area contributed by atoms with E-state index in [1.807, 2.05) is 0 Å². The maximum Gasteiger partial charge on any atom is 0.180 e. The SMILES string of the molecule is NC1=NN=C(CCCCOCc2cccc(F)c2F)CS1. The highest BCUT2D eigenvalue weighted by Crippen LogP contribution is 2.13. The predicted molar refractivity (Wildman–Crippen MR) is 81.4 cm³/mol. The van der Waals surface area contributed by atoms with Gasteiger partial charge in [0.1, 0.15) is 0 Å². The number of nitrogens with zero attached hydrogens (tertiary/aromatic N) is 2. The summed E-state index contributed by atoms with van der Waals surface area (Å²) in [5.41, 5.74) is 6.76. The van der Waals surface area contributed by atoms with Gasteiger partial charge in [-0.15, -0.1) is 5.10 Å². The van der Waals surface area contributed by atoms with Gasteiger partial charge >= 0.3 is 0 Å². The molecule has 1 aliphatic rings. The lowest BCUT2D eigenvalue weighted by Crippen LogP contribution is -2.15. The molecule has 2 rings (SSSR count). The third kappa shape index (κ3) is 5.09. The molecule has 0 aromatic heterocycles. The maximum absolute atomic E-state index is 13.4. The molecule has 0 unspecified atom stereocenters. The van der Waals surface area contributed by atoms with Gasteiger partial charge in [-0.2, -0.15) is 5.10 Å². The van der Waals surface area contributed by atoms with Crippen molar-refractivity contribution in [3.05, 3.63) is 35.4 Å². The Hall–Kier alpha value is -1.47. The summed E-state index contributed by atoms with van der Waals surface area (Å²) in [6, 6.07) is 4.09. The first-order chi connectivity index (χ1) is 10.2. The van der Waals surface area contributed by atoms with E-state index in [2.05, 4.69) is 10.2 Å². The van der Waals surface area contributed by atoms with Gasteiger partial charge in [0.25, 0.3) is 0 Å². The lowest BCUT2D eigenvalue weighted by atomic mass is 10.2. The van der Waals surface area contributed by atoms with Crippen LogP contribution >= 0.6 is 11.8 Å². The Bertz CT molecular complexity index is 549. The zero-order valence-corrected chi connectivity index (χ0v) is 12.3. The summed E-state index contributed by atoms with van der Waals surface area (Å²) in [5.74, 6) is -0.893. The number of hydrogen-bond acceptors (Lipinski definition) is 5. The molecule has 0 fully saturated rings. The van der Waals surface area contributed by atoms with Gasteiger partial charge in [-0.25, -0.2) is 8.78 Å². The average Bonchev–Trinajstić information content (AvgIpc) is 2.49. The molecule has 0 atom stereocenters. The fourth-order valence-electron chi connectivity index (χ4n) is 1.83. The van der Waals surface area contributed by atoms with E-state index in [9.17, 15) is 8.78 Å². The largest absolute Gasteiger partial charge is 0.377 e. The Kier molecular flexibility index (Phi) is 6.13. The normalized spacial score (nSPS) is 14.8. The molecule has 21 heavy (non-hydrogen) atoms. The molecule has 0 saturated heterocycles. The van der Waals surface area contributed by atoms with E-state index in [1.54, 1.807) is 0 Å². The molecule has 0 bridgehead atoms. The highest BCUT2D eigenvalue weighted by atomic mass is 32.2. The smallest absolute Gasteiger partial charge is 0.180 e. The van der Waals surface area contributed by atoms with Crippen LogP contribution < -0.4 is 5.73 Å². The van der Waals surface area contributed by atoms with Gasteiger partial charge < -0.3 is 10.5 Å². The Morgan fingerprint density at radius 1 is 1.24 bits per heavy atom. The number of unbranched alkanes of at least 4 members (excludes halogenated alkanes) is 1. The van der Waals surface area contributed by atoms with Crippen molar-refractivity contribution in [2.45, 2.75) is 25.9 Å². The number of amidine groups is 1. The van der Waals surface area contributed by atoms with Gasteiger partial charge in [-0.3, -0.25) is 0 Å². The van der Waals surface area contributed by atoms with E-state index in [1.165, 1.54) is 23.9 Å². The molecule has 0 spiro atoms. The molecule has 0 saturated carbocycles. The molecule has 1 aliphatic heterocycles. The average molecular weight is 313 g/mol. The number of benzene rings is 1. The molecular weight excluding hydrogens is 296 g/mol. The van der Waals surface area contributed by atoms with Crippen molar-refractivity contribution >= 4 is 22.6 Å². The molecule has 2 N–H and O–H groups in total. The number of ether oxygens (including phenoxy) is 1. The van der Waals surface area contributed by atoms with Crippen LogP contribution in [-0.2, 0) is 11.3 Å². The second-order valence-electron chi connectivity index (χ2n) is 4.62. The van der Waals surface area contributed by atoms with Crippen molar-refractivity contribution in [1.29, 1.82) is 0 Å². The minimum absolute atomic E-state index is 0.0845. The Balaban J connectivity index is 1.61. The van der Waals surface area contributed by atoms with Crippen LogP contribution in [0.3, 0.4) is 0 Å². The minimum Gasteiger partial charge on any atom is -0.377 e. The standard InChI is InChI=1S/C14H17F2N3OS/c15-12-6-3-4-10(13(12)16)8-20-7-2-1-5-11-9-21-14(17)19-18-11/h3-4,6H,1-2,5,7-9H2,(H2,17,19). The summed E-state index contributed by atoms with van der Waals surface area (Å²) in [5, 5.41) is 8.34. The number of rotatable bonds is 7. The second kappa shape index (κ2) is 8.09. The van der Waals surface area contributed by atoms with Crippen LogP contribution in [0.2, 0.25) is 0 Å². The summed E-state index contributed by atoms with van der Waals surface area (Å²) in [4.78, 5) is 0. The van der Waals surface area contributed by atoms with Gasteiger partial charge in [0.2, 0.25) is 0 Å². The minimum atomic E-state index is -0.844. The molecule has 1 aromatic carbocycles. The van der Waals surface area contributed by atoms with Crippen molar-refractivity contribution in [2.24, 2.45) is 15.9 Å². The van der Waals surface area contributed by atoms with Crippen LogP contribution in [0.25, 0.3) is 0 Å². The van der Waals surface area contributed by atoms with Crippen molar-refractivity contribution in [1.82, 2.24) is 0 Å². The van der Waals surface area contributed by atoms with E-state index < -0.39 is 11.6 Å². The first-order valence-corrected chi connectivity index (χ1v) is 7.67. The zero-order chi connectivity index (χ0) is 15.1. The van der Waals surface area contributed by atoms with E-state index in [4.69, 9.17) is 10.5 Å². The highest BCUT2D eigenvalue weighted by Gasteiger charge is 2.08. The molecule has 1 aromatic rings. The number of nitrogens with two attached hydrogens (primary N) is 1. The lowest BCUT2D eigenvalue weighted by molar-refractivity contribution is 0.114. The maximum atomic E-state index is 13.4. The zero-order valence-electron chi connectivity index (χ0n) is 11.5. The number of halogens is 2. The number of thioether (sulfide) groups is 1. The molecule has 4 nitrogen and oxygen atoms in total. The highest BCUT2D eigenvalue weighted by molar-refractivity contribution is 8.14. The van der Waals surface area contributed by atoms with Crippen LogP contribution in [0.5, 0.6) is 0 Å². The summed E-state index contributed by atoms with van der Waals surface area (Å²) < 4.78 is 31.7. The monoisotopic (exact) mass is 313 g/mol. The first kappa shape index (κ1) is 15.9. The van der Waals surface area contributed by atoms with Crippen molar-refractivity contribution in [3.63, 3.8) is 0 Å². The van der Waals surface area contributed by atoms with Crippen LogP contribution in [0, 0.1) is 11.6 Å². The van der Waals surface area contributed by atoms with Crippen LogP contribution in [0.1, 0.15) is 24.8 Å². The quantitative estimate of drug-likeness (QED) is 0.787. The van der Waals surface area contributed by atoms with Gasteiger partial charge in [0.15, 0.2) is 16.8 Å². The predicted octanol–water partition coefficient (Wildman–Crippen LogP) is 3.07. The molecule has 0 radical (unpaired) electrons. The fourth-order valence-corrected chi connectivity index (χ4v) is 2.45. The van der Waals surface area contributed by atoms with Crippen molar-refractivity contribution in [3.8, 4) is 0 Å². The van der Waals surface area contributed by atoms with E-state index in [-0.39, 0.29) is 12.2 Å². The second-order valence-corrected chi connectivity index (χ2v) is 5.61.